The number of hydrogen-bond donors (Lipinski definition) is 2. The van der Waals surface area contributed by atoms with Crippen molar-refractivity contribution in [3.8, 4) is 0 Å². The van der Waals surface area contributed by atoms with Gasteiger partial charge in [-0.15, -0.1) is 0 Å². The van der Waals surface area contributed by atoms with Crippen LogP contribution in [0.3, 0.4) is 0 Å². The summed E-state index contributed by atoms with van der Waals surface area (Å²) >= 11 is 0. The van der Waals surface area contributed by atoms with E-state index >= 15 is 0 Å². The fourth-order valence-corrected chi connectivity index (χ4v) is 2.25. The number of amides is 1. The van der Waals surface area contributed by atoms with Crippen molar-refractivity contribution in [3.63, 3.8) is 0 Å². The Kier molecular flexibility index (Phi) is 4.19. The zero-order chi connectivity index (χ0) is 12.3. The summed E-state index contributed by atoms with van der Waals surface area (Å²) in [5.74, 6) is 0.573. The molecule has 1 rings (SSSR count). The second-order valence-corrected chi connectivity index (χ2v) is 5.92. The number of ether oxygens (including phenoxy) is 1. The van der Waals surface area contributed by atoms with Crippen LogP contribution in [0.15, 0.2) is 0 Å². The predicted molar refractivity (Wildman–Crippen MR) is 64.1 cm³/mol. The molecule has 3 atom stereocenters. The first kappa shape index (κ1) is 13.3. The van der Waals surface area contributed by atoms with E-state index in [1.54, 1.807) is 0 Å². The summed E-state index contributed by atoms with van der Waals surface area (Å²) in [5, 5.41) is 2.90. The molecule has 1 saturated carbocycles. The average molecular weight is 228 g/mol. The van der Waals surface area contributed by atoms with E-state index in [1.165, 1.54) is 0 Å². The standard InChI is InChI=1S/C12H24N2O2/c1-8-5-9(13)7-10(6-8)14-11(15)16-12(2,3)4/h8-10H,5-7,13H2,1-4H3,(H,14,15). The van der Waals surface area contributed by atoms with Gasteiger partial charge >= 0.3 is 6.09 Å². The molecule has 1 aliphatic rings. The lowest BCUT2D eigenvalue weighted by Gasteiger charge is -2.32. The van der Waals surface area contributed by atoms with E-state index in [-0.39, 0.29) is 18.2 Å². The van der Waals surface area contributed by atoms with Gasteiger partial charge in [0.05, 0.1) is 0 Å². The zero-order valence-corrected chi connectivity index (χ0v) is 10.7. The number of nitrogens with one attached hydrogen (secondary N) is 1. The highest BCUT2D eigenvalue weighted by Gasteiger charge is 2.26. The van der Waals surface area contributed by atoms with E-state index in [9.17, 15) is 4.79 Å². The van der Waals surface area contributed by atoms with Crippen LogP contribution in [0.4, 0.5) is 4.79 Å². The molecule has 0 aliphatic heterocycles. The molecule has 1 amide bonds. The Morgan fingerprint density at radius 1 is 1.31 bits per heavy atom. The van der Waals surface area contributed by atoms with Crippen molar-refractivity contribution in [1.29, 1.82) is 0 Å². The lowest BCUT2D eigenvalue weighted by Crippen LogP contribution is -2.46. The predicted octanol–water partition coefficient (Wildman–Crippen LogP) is 2.03. The van der Waals surface area contributed by atoms with E-state index in [1.807, 2.05) is 20.8 Å². The van der Waals surface area contributed by atoms with Crippen LogP contribution in [0, 0.1) is 5.92 Å². The lowest BCUT2D eigenvalue weighted by molar-refractivity contribution is 0.0483. The van der Waals surface area contributed by atoms with Gasteiger partial charge < -0.3 is 15.8 Å². The van der Waals surface area contributed by atoms with Crippen LogP contribution in [0.25, 0.3) is 0 Å². The Morgan fingerprint density at radius 3 is 2.44 bits per heavy atom. The smallest absolute Gasteiger partial charge is 0.407 e. The monoisotopic (exact) mass is 228 g/mol. The molecular weight excluding hydrogens is 204 g/mol. The number of carbonyl (C=O) groups is 1. The van der Waals surface area contributed by atoms with Crippen LogP contribution < -0.4 is 11.1 Å². The van der Waals surface area contributed by atoms with Crippen LogP contribution in [-0.2, 0) is 4.74 Å². The first-order valence-corrected chi connectivity index (χ1v) is 6.01. The first-order valence-electron chi connectivity index (χ1n) is 6.01. The van der Waals surface area contributed by atoms with Gasteiger partial charge in [-0.2, -0.15) is 0 Å². The quantitative estimate of drug-likeness (QED) is 0.721. The summed E-state index contributed by atoms with van der Waals surface area (Å²) in [7, 11) is 0. The highest BCUT2D eigenvalue weighted by Crippen LogP contribution is 2.23. The SMILES string of the molecule is CC1CC(N)CC(NC(=O)OC(C)(C)C)C1. The highest BCUT2D eigenvalue weighted by molar-refractivity contribution is 5.68. The number of carbonyl (C=O) groups excluding carboxylic acids is 1. The van der Waals surface area contributed by atoms with Crippen LogP contribution in [0.1, 0.15) is 47.0 Å². The van der Waals surface area contributed by atoms with Crippen molar-refractivity contribution in [2.24, 2.45) is 11.7 Å². The van der Waals surface area contributed by atoms with Crippen LogP contribution >= 0.6 is 0 Å². The normalized spacial score (nSPS) is 30.9. The summed E-state index contributed by atoms with van der Waals surface area (Å²) in [6, 6.07) is 0.359. The Bertz CT molecular complexity index is 238. The molecule has 0 radical (unpaired) electrons. The van der Waals surface area contributed by atoms with Crippen molar-refractivity contribution >= 4 is 6.09 Å². The van der Waals surface area contributed by atoms with Crippen molar-refractivity contribution in [1.82, 2.24) is 5.32 Å². The molecule has 1 aliphatic carbocycles. The average Bonchev–Trinajstić information content (AvgIpc) is 1.96. The van der Waals surface area contributed by atoms with Gasteiger partial charge in [0.15, 0.2) is 0 Å². The van der Waals surface area contributed by atoms with Gasteiger partial charge in [-0.05, 0) is 46.0 Å². The Labute approximate surface area is 97.9 Å². The molecule has 0 aromatic heterocycles. The lowest BCUT2D eigenvalue weighted by atomic mass is 9.84. The van der Waals surface area contributed by atoms with Crippen molar-refractivity contribution in [3.05, 3.63) is 0 Å². The van der Waals surface area contributed by atoms with E-state index < -0.39 is 5.60 Å². The number of hydrogen-bond acceptors (Lipinski definition) is 3. The van der Waals surface area contributed by atoms with E-state index in [0.29, 0.717) is 5.92 Å². The van der Waals surface area contributed by atoms with Crippen molar-refractivity contribution in [2.75, 3.05) is 0 Å². The molecule has 94 valence electrons. The first-order chi connectivity index (χ1) is 7.26. The number of nitrogens with two attached hydrogens (primary N) is 1. The van der Waals surface area contributed by atoms with Crippen molar-refractivity contribution in [2.45, 2.75) is 64.6 Å². The fourth-order valence-electron chi connectivity index (χ4n) is 2.25. The summed E-state index contributed by atoms with van der Waals surface area (Å²) in [6.07, 6.45) is 2.56. The third kappa shape index (κ3) is 4.84. The summed E-state index contributed by atoms with van der Waals surface area (Å²) in [6.45, 7) is 7.76. The van der Waals surface area contributed by atoms with Gasteiger partial charge in [-0.25, -0.2) is 4.79 Å². The molecule has 4 heteroatoms. The van der Waals surface area contributed by atoms with Crippen molar-refractivity contribution < 1.29 is 9.53 Å². The third-order valence-electron chi connectivity index (χ3n) is 2.70. The van der Waals surface area contributed by atoms with Crippen LogP contribution in [0.5, 0.6) is 0 Å². The topological polar surface area (TPSA) is 64.3 Å². The van der Waals surface area contributed by atoms with E-state index in [4.69, 9.17) is 10.5 Å². The summed E-state index contributed by atoms with van der Waals surface area (Å²) in [4.78, 5) is 11.6. The number of rotatable bonds is 1. The molecule has 1 fully saturated rings. The van der Waals surface area contributed by atoms with Gasteiger partial charge in [-0.3, -0.25) is 0 Å². The fraction of sp³-hybridized carbons (Fsp3) is 0.917. The van der Waals surface area contributed by atoms with Gasteiger partial charge in [0.1, 0.15) is 5.60 Å². The maximum atomic E-state index is 11.6. The molecular formula is C12H24N2O2. The molecule has 0 aromatic rings. The highest BCUT2D eigenvalue weighted by atomic mass is 16.6. The van der Waals surface area contributed by atoms with E-state index in [0.717, 1.165) is 19.3 Å². The molecule has 3 N–H and O–H groups in total. The van der Waals surface area contributed by atoms with Gasteiger partial charge in [0, 0.05) is 12.1 Å². The maximum Gasteiger partial charge on any atom is 0.407 e. The molecule has 0 spiro atoms. The molecule has 0 bridgehead atoms. The minimum atomic E-state index is -0.438. The third-order valence-corrected chi connectivity index (χ3v) is 2.70. The summed E-state index contributed by atoms with van der Waals surface area (Å²) < 4.78 is 5.22. The Hall–Kier alpha value is -0.770. The van der Waals surface area contributed by atoms with E-state index in [2.05, 4.69) is 12.2 Å². The molecule has 0 saturated heterocycles. The maximum absolute atomic E-state index is 11.6. The minimum Gasteiger partial charge on any atom is -0.444 e. The molecule has 3 unspecified atom stereocenters. The second-order valence-electron chi connectivity index (χ2n) is 5.92. The molecule has 0 heterocycles. The Balaban J connectivity index is 2.39. The van der Waals surface area contributed by atoms with Gasteiger partial charge in [0.25, 0.3) is 0 Å². The summed E-state index contributed by atoms with van der Waals surface area (Å²) in [5.41, 5.74) is 5.49. The van der Waals surface area contributed by atoms with Gasteiger partial charge in [-0.1, -0.05) is 6.92 Å². The van der Waals surface area contributed by atoms with Crippen LogP contribution in [0.2, 0.25) is 0 Å². The zero-order valence-electron chi connectivity index (χ0n) is 10.7. The number of alkyl carbamates (subject to hydrolysis) is 1. The molecule has 0 aromatic carbocycles. The van der Waals surface area contributed by atoms with Crippen LogP contribution in [-0.4, -0.2) is 23.8 Å². The largest absolute Gasteiger partial charge is 0.444 e. The minimum absolute atomic E-state index is 0.161. The second kappa shape index (κ2) is 5.04. The molecule has 16 heavy (non-hydrogen) atoms. The Morgan fingerprint density at radius 2 is 1.94 bits per heavy atom. The molecule has 4 nitrogen and oxygen atoms in total. The van der Waals surface area contributed by atoms with Gasteiger partial charge in [0.2, 0.25) is 0 Å².